The van der Waals surface area contributed by atoms with Crippen LogP contribution in [0.1, 0.15) is 17.2 Å². The number of hydrogen-bond donors (Lipinski definition) is 0. The van der Waals surface area contributed by atoms with Crippen molar-refractivity contribution < 1.29 is 13.6 Å². The van der Waals surface area contributed by atoms with Gasteiger partial charge in [-0.25, -0.2) is 4.99 Å². The van der Waals surface area contributed by atoms with Gasteiger partial charge in [-0.3, -0.25) is 4.57 Å². The second-order valence-corrected chi connectivity index (χ2v) is 10.3. The summed E-state index contributed by atoms with van der Waals surface area (Å²) in [5, 5.41) is 2.58. The number of amidine groups is 1. The van der Waals surface area contributed by atoms with E-state index in [9.17, 15) is 4.57 Å². The molecule has 0 radical (unpaired) electrons. The third kappa shape index (κ3) is 4.28. The monoisotopic (exact) mass is 480 g/mol. The van der Waals surface area contributed by atoms with E-state index in [4.69, 9.17) is 14.0 Å². The van der Waals surface area contributed by atoms with Crippen LogP contribution in [0.4, 0.5) is 0 Å². The van der Waals surface area contributed by atoms with Crippen molar-refractivity contribution in [1.82, 2.24) is 4.90 Å². The SMILES string of the molecule is COP(=O)(OC)C1=CSC2=NC(c3ccccc3)=CC(c3ccc(SC)cc3)N12.Cl. The Morgan fingerprint density at radius 3 is 2.33 bits per heavy atom. The maximum atomic E-state index is 13.2. The van der Waals surface area contributed by atoms with Crippen LogP contribution in [0.15, 0.2) is 81.4 Å². The molecule has 1 unspecified atom stereocenters. The summed E-state index contributed by atoms with van der Waals surface area (Å²) in [4.78, 5) is 7.98. The fourth-order valence-corrected chi connectivity index (χ4v) is 6.25. The van der Waals surface area contributed by atoms with Gasteiger partial charge in [0.2, 0.25) is 0 Å². The van der Waals surface area contributed by atoms with Crippen molar-refractivity contribution in [1.29, 1.82) is 0 Å². The lowest BCUT2D eigenvalue weighted by Gasteiger charge is -2.34. The van der Waals surface area contributed by atoms with Gasteiger partial charge in [-0.1, -0.05) is 54.2 Å². The van der Waals surface area contributed by atoms with Crippen molar-refractivity contribution in [2.75, 3.05) is 20.5 Å². The van der Waals surface area contributed by atoms with Gasteiger partial charge in [-0.2, -0.15) is 0 Å². The molecule has 9 heteroatoms. The Hall–Kier alpha value is -1.47. The standard InChI is InChI=1S/C21H21N2O3PS2.ClH/c1-25-27(24,26-2)20-14-29-21-22-18(15-7-5-4-6-8-15)13-19(23(20)21)16-9-11-17(28-3)12-10-16;/h4-14,19H,1-3H3;1H. The van der Waals surface area contributed by atoms with Crippen LogP contribution in [0.5, 0.6) is 0 Å². The second-order valence-electron chi connectivity index (χ2n) is 6.36. The Morgan fingerprint density at radius 2 is 1.73 bits per heavy atom. The molecular formula is C21H22ClN2O3PS2. The highest BCUT2D eigenvalue weighted by atomic mass is 35.5. The lowest BCUT2D eigenvalue weighted by atomic mass is 10.0. The summed E-state index contributed by atoms with van der Waals surface area (Å²) >= 11 is 3.13. The van der Waals surface area contributed by atoms with E-state index in [0.29, 0.717) is 5.44 Å². The Morgan fingerprint density at radius 1 is 1.07 bits per heavy atom. The topological polar surface area (TPSA) is 51.1 Å². The van der Waals surface area contributed by atoms with Crippen molar-refractivity contribution in [3.63, 3.8) is 0 Å². The van der Waals surface area contributed by atoms with Crippen LogP contribution < -0.4 is 0 Å². The molecule has 0 aromatic heterocycles. The highest BCUT2D eigenvalue weighted by Crippen LogP contribution is 2.61. The fourth-order valence-electron chi connectivity index (χ4n) is 3.30. The summed E-state index contributed by atoms with van der Waals surface area (Å²) in [6.45, 7) is 0. The van der Waals surface area contributed by atoms with Crippen LogP contribution in [0, 0.1) is 0 Å². The third-order valence-electron chi connectivity index (χ3n) is 4.82. The Labute approximate surface area is 191 Å². The summed E-state index contributed by atoms with van der Waals surface area (Å²) in [6.07, 6.45) is 4.15. The average molecular weight is 481 g/mol. The van der Waals surface area contributed by atoms with E-state index in [0.717, 1.165) is 22.0 Å². The maximum Gasteiger partial charge on any atom is 0.377 e. The minimum Gasteiger partial charge on any atom is -0.308 e. The maximum absolute atomic E-state index is 13.2. The molecule has 0 aliphatic carbocycles. The van der Waals surface area contributed by atoms with Gasteiger partial charge in [-0.05, 0) is 35.6 Å². The molecule has 1 atom stereocenters. The molecule has 30 heavy (non-hydrogen) atoms. The molecule has 0 N–H and O–H groups in total. The van der Waals surface area contributed by atoms with Crippen LogP contribution in [0.2, 0.25) is 0 Å². The number of benzene rings is 2. The average Bonchev–Trinajstić information content (AvgIpc) is 3.23. The Balaban J connectivity index is 0.00000256. The highest BCUT2D eigenvalue weighted by Gasteiger charge is 2.43. The number of thioether (sulfide) groups is 2. The first-order chi connectivity index (χ1) is 14.1. The number of halogens is 1. The van der Waals surface area contributed by atoms with Gasteiger partial charge in [0.25, 0.3) is 0 Å². The molecule has 2 aromatic rings. The molecule has 0 fully saturated rings. The molecule has 0 spiro atoms. The van der Waals surface area contributed by atoms with Crippen LogP contribution in [-0.2, 0) is 13.6 Å². The van der Waals surface area contributed by atoms with Gasteiger partial charge >= 0.3 is 7.60 Å². The van der Waals surface area contributed by atoms with E-state index in [2.05, 4.69) is 36.6 Å². The lowest BCUT2D eigenvalue weighted by molar-refractivity contribution is 0.272. The largest absolute Gasteiger partial charge is 0.377 e. The molecule has 2 aliphatic rings. The summed E-state index contributed by atoms with van der Waals surface area (Å²) < 4.78 is 23.8. The van der Waals surface area contributed by atoms with Gasteiger partial charge in [0.05, 0.1) is 11.7 Å². The Kier molecular flexibility index (Phi) is 7.56. The number of rotatable bonds is 6. The van der Waals surface area contributed by atoms with Gasteiger partial charge < -0.3 is 13.9 Å². The van der Waals surface area contributed by atoms with E-state index in [-0.39, 0.29) is 18.4 Å². The van der Waals surface area contributed by atoms with Gasteiger partial charge in [-0.15, -0.1) is 24.2 Å². The molecule has 158 valence electrons. The molecule has 2 aliphatic heterocycles. The number of hydrogen-bond acceptors (Lipinski definition) is 7. The van der Waals surface area contributed by atoms with E-state index < -0.39 is 7.60 Å². The predicted octanol–water partition coefficient (Wildman–Crippen LogP) is 6.62. The molecule has 0 saturated carbocycles. The molecule has 0 bridgehead atoms. The van der Waals surface area contributed by atoms with E-state index in [1.807, 2.05) is 40.6 Å². The van der Waals surface area contributed by atoms with Crippen LogP contribution in [0.3, 0.4) is 0 Å². The highest BCUT2D eigenvalue weighted by molar-refractivity contribution is 8.17. The van der Waals surface area contributed by atoms with Crippen LogP contribution >= 0.6 is 43.5 Å². The Bertz CT molecular complexity index is 1030. The van der Waals surface area contributed by atoms with Crippen LogP contribution in [-0.4, -0.2) is 30.5 Å². The zero-order valence-electron chi connectivity index (χ0n) is 16.7. The van der Waals surface area contributed by atoms with E-state index in [1.165, 1.54) is 30.9 Å². The number of fused-ring (bicyclic) bond motifs is 1. The first-order valence-electron chi connectivity index (χ1n) is 8.97. The lowest BCUT2D eigenvalue weighted by Crippen LogP contribution is -2.31. The molecule has 0 saturated heterocycles. The third-order valence-corrected chi connectivity index (χ3v) is 8.45. The molecule has 4 rings (SSSR count). The quantitative estimate of drug-likeness (QED) is 0.342. The van der Waals surface area contributed by atoms with E-state index >= 15 is 0 Å². The van der Waals surface area contributed by atoms with Crippen molar-refractivity contribution in [3.05, 3.63) is 82.6 Å². The molecule has 2 aromatic carbocycles. The van der Waals surface area contributed by atoms with E-state index in [1.54, 1.807) is 11.8 Å². The van der Waals surface area contributed by atoms with Gasteiger partial charge in [0.15, 0.2) is 5.17 Å². The first kappa shape index (κ1) is 23.2. The minimum absolute atomic E-state index is 0. The first-order valence-corrected chi connectivity index (χ1v) is 12.6. The molecule has 2 heterocycles. The van der Waals surface area contributed by atoms with Gasteiger partial charge in [0, 0.05) is 24.5 Å². The van der Waals surface area contributed by atoms with Crippen molar-refractivity contribution >= 4 is 54.4 Å². The molecule has 0 amide bonds. The minimum atomic E-state index is -3.43. The fraction of sp³-hybridized carbons (Fsp3) is 0.190. The van der Waals surface area contributed by atoms with Crippen molar-refractivity contribution in [2.24, 2.45) is 4.99 Å². The van der Waals surface area contributed by atoms with Crippen molar-refractivity contribution in [2.45, 2.75) is 10.9 Å². The zero-order valence-corrected chi connectivity index (χ0v) is 20.1. The number of nitrogens with zero attached hydrogens (tertiary/aromatic N) is 2. The zero-order chi connectivity index (χ0) is 20.4. The van der Waals surface area contributed by atoms with Crippen LogP contribution in [0.25, 0.3) is 5.70 Å². The molecular weight excluding hydrogens is 459 g/mol. The smallest absolute Gasteiger partial charge is 0.308 e. The second kappa shape index (κ2) is 9.77. The van der Waals surface area contributed by atoms with Crippen molar-refractivity contribution in [3.8, 4) is 0 Å². The van der Waals surface area contributed by atoms with Gasteiger partial charge in [0.1, 0.15) is 5.44 Å². The predicted molar refractivity (Wildman–Crippen MR) is 129 cm³/mol. The summed E-state index contributed by atoms with van der Waals surface area (Å²) in [6, 6.07) is 18.3. The summed E-state index contributed by atoms with van der Waals surface area (Å²) in [5.41, 5.74) is 3.52. The molecule has 5 nitrogen and oxygen atoms in total. The number of aliphatic imine (C=N–C) groups is 1. The summed E-state index contributed by atoms with van der Waals surface area (Å²) in [7, 11) is -0.621. The normalized spacial score (nSPS) is 18.2. The summed E-state index contributed by atoms with van der Waals surface area (Å²) in [5.74, 6) is 0.